The molecule has 0 unspecified atom stereocenters. The van der Waals surface area contributed by atoms with Crippen LogP contribution in [0.2, 0.25) is 0 Å². The first-order valence-corrected chi connectivity index (χ1v) is 7.57. The quantitative estimate of drug-likeness (QED) is 0.849. The number of carbonyl (C=O) groups excluding carboxylic acids is 1. The van der Waals surface area contributed by atoms with E-state index in [0.717, 1.165) is 23.5 Å². The lowest BCUT2D eigenvalue weighted by Crippen LogP contribution is -2.26. The minimum Gasteiger partial charge on any atom is -0.395 e. The van der Waals surface area contributed by atoms with E-state index in [0.29, 0.717) is 12.3 Å². The Balaban J connectivity index is 2.27. The van der Waals surface area contributed by atoms with Crippen molar-refractivity contribution in [1.82, 2.24) is 0 Å². The van der Waals surface area contributed by atoms with Gasteiger partial charge in [0.15, 0.2) is 5.78 Å². The van der Waals surface area contributed by atoms with E-state index in [1.54, 1.807) is 12.2 Å². The first-order valence-electron chi connectivity index (χ1n) is 7.20. The van der Waals surface area contributed by atoms with Crippen molar-refractivity contribution in [2.24, 2.45) is 4.99 Å². The molecule has 0 heterocycles. The van der Waals surface area contributed by atoms with Gasteiger partial charge < -0.3 is 10.0 Å². The van der Waals surface area contributed by atoms with Crippen LogP contribution in [0.25, 0.3) is 0 Å². The Kier molecular flexibility index (Phi) is 5.52. The summed E-state index contributed by atoms with van der Waals surface area (Å²) >= 11 is 5.84. The van der Waals surface area contributed by atoms with Gasteiger partial charge in [-0.15, -0.1) is 0 Å². The zero-order valence-corrected chi connectivity index (χ0v) is 13.5. The molecular formula is C17H19ClN2O2. The number of aliphatic hydroxyl groups excluding tert-OH is 1. The van der Waals surface area contributed by atoms with Crippen molar-refractivity contribution in [3.8, 4) is 0 Å². The molecule has 0 atom stereocenters. The molecular weight excluding hydrogens is 300 g/mol. The van der Waals surface area contributed by atoms with Crippen LogP contribution in [0.1, 0.15) is 12.5 Å². The third kappa shape index (κ3) is 3.84. The number of halogens is 1. The molecule has 4 nitrogen and oxygen atoms in total. The second-order valence-electron chi connectivity index (χ2n) is 5.00. The van der Waals surface area contributed by atoms with Crippen LogP contribution in [-0.2, 0) is 4.79 Å². The number of rotatable bonds is 5. The summed E-state index contributed by atoms with van der Waals surface area (Å²) in [6, 6.07) is 5.96. The summed E-state index contributed by atoms with van der Waals surface area (Å²) in [4.78, 5) is 17.9. The Hall–Kier alpha value is -1.91. The van der Waals surface area contributed by atoms with E-state index in [1.807, 2.05) is 25.1 Å². The van der Waals surface area contributed by atoms with E-state index < -0.39 is 0 Å². The maximum absolute atomic E-state index is 11.3. The van der Waals surface area contributed by atoms with Crippen LogP contribution in [0.15, 0.2) is 46.5 Å². The van der Waals surface area contributed by atoms with Gasteiger partial charge in [-0.1, -0.05) is 11.6 Å². The van der Waals surface area contributed by atoms with E-state index in [4.69, 9.17) is 16.7 Å². The SMILES string of the molecule is CCN(CCO)c1ccc(N=C2C=CC(=O)C(Cl)=C2)c(C)c1. The minimum absolute atomic E-state index is 0.124. The van der Waals surface area contributed by atoms with Crippen molar-refractivity contribution in [3.63, 3.8) is 0 Å². The first kappa shape index (κ1) is 16.5. The number of carbonyl (C=O) groups is 1. The molecule has 0 amide bonds. The van der Waals surface area contributed by atoms with Gasteiger partial charge in [0.2, 0.25) is 0 Å². The Morgan fingerprint density at radius 2 is 2.09 bits per heavy atom. The van der Waals surface area contributed by atoms with E-state index in [1.165, 1.54) is 6.08 Å². The van der Waals surface area contributed by atoms with Crippen molar-refractivity contribution >= 4 is 34.5 Å². The highest BCUT2D eigenvalue weighted by molar-refractivity contribution is 6.47. The predicted octanol–water partition coefficient (Wildman–Crippen LogP) is 3.15. The lowest BCUT2D eigenvalue weighted by Gasteiger charge is -2.22. The Bertz CT molecular complexity index is 663. The lowest BCUT2D eigenvalue weighted by molar-refractivity contribution is -0.110. The Labute approximate surface area is 135 Å². The van der Waals surface area contributed by atoms with Crippen molar-refractivity contribution in [1.29, 1.82) is 0 Å². The molecule has 0 spiro atoms. The highest BCUT2D eigenvalue weighted by atomic mass is 35.5. The van der Waals surface area contributed by atoms with Crippen molar-refractivity contribution < 1.29 is 9.90 Å². The molecule has 0 radical (unpaired) electrons. The zero-order valence-electron chi connectivity index (χ0n) is 12.7. The molecule has 116 valence electrons. The fourth-order valence-electron chi connectivity index (χ4n) is 2.25. The summed E-state index contributed by atoms with van der Waals surface area (Å²) in [5, 5.41) is 9.27. The number of anilines is 1. The normalized spacial score (nSPS) is 16.1. The molecule has 0 saturated heterocycles. The summed E-state index contributed by atoms with van der Waals surface area (Å²) < 4.78 is 0. The van der Waals surface area contributed by atoms with E-state index >= 15 is 0 Å². The molecule has 1 aromatic carbocycles. The number of hydrogen-bond donors (Lipinski definition) is 1. The molecule has 0 aromatic heterocycles. The molecule has 1 aromatic rings. The Morgan fingerprint density at radius 1 is 1.32 bits per heavy atom. The molecule has 5 heteroatoms. The maximum Gasteiger partial charge on any atom is 0.197 e. The topological polar surface area (TPSA) is 52.9 Å². The molecule has 0 fully saturated rings. The summed E-state index contributed by atoms with van der Waals surface area (Å²) in [5.41, 5.74) is 3.57. The number of aliphatic imine (C=N–C) groups is 1. The summed E-state index contributed by atoms with van der Waals surface area (Å²) in [5.74, 6) is -0.199. The number of allylic oxidation sites excluding steroid dienone is 4. The van der Waals surface area contributed by atoms with Gasteiger partial charge in [0.25, 0.3) is 0 Å². The fraction of sp³-hybridized carbons (Fsp3) is 0.294. The molecule has 0 aliphatic heterocycles. The predicted molar refractivity (Wildman–Crippen MR) is 91.3 cm³/mol. The lowest BCUT2D eigenvalue weighted by atomic mass is 10.1. The Morgan fingerprint density at radius 3 is 2.68 bits per heavy atom. The van der Waals surface area contributed by atoms with Gasteiger partial charge in [-0.3, -0.25) is 4.79 Å². The molecule has 1 aliphatic rings. The summed E-state index contributed by atoms with van der Waals surface area (Å²) in [6.45, 7) is 5.59. The van der Waals surface area contributed by atoms with Gasteiger partial charge in [0, 0.05) is 18.8 Å². The number of benzene rings is 1. The van der Waals surface area contributed by atoms with Crippen LogP contribution in [0.4, 0.5) is 11.4 Å². The van der Waals surface area contributed by atoms with E-state index in [2.05, 4.69) is 16.8 Å². The van der Waals surface area contributed by atoms with Gasteiger partial charge in [-0.2, -0.15) is 0 Å². The molecule has 22 heavy (non-hydrogen) atoms. The van der Waals surface area contributed by atoms with Crippen molar-refractivity contribution in [2.45, 2.75) is 13.8 Å². The van der Waals surface area contributed by atoms with Crippen molar-refractivity contribution in [3.05, 3.63) is 47.0 Å². The molecule has 1 N–H and O–H groups in total. The second-order valence-corrected chi connectivity index (χ2v) is 5.41. The third-order valence-electron chi connectivity index (χ3n) is 3.46. The van der Waals surface area contributed by atoms with Crippen LogP contribution in [0, 0.1) is 6.92 Å². The number of ketones is 1. The van der Waals surface area contributed by atoms with E-state index in [-0.39, 0.29) is 17.4 Å². The number of likely N-dealkylation sites (N-methyl/N-ethyl adjacent to an activating group) is 1. The summed E-state index contributed by atoms with van der Waals surface area (Å²) in [7, 11) is 0. The van der Waals surface area contributed by atoms with E-state index in [9.17, 15) is 4.79 Å². The average molecular weight is 319 g/mol. The molecule has 0 bridgehead atoms. The highest BCUT2D eigenvalue weighted by Gasteiger charge is 2.10. The van der Waals surface area contributed by atoms with Gasteiger partial charge in [-0.25, -0.2) is 4.99 Å². The van der Waals surface area contributed by atoms with Gasteiger partial charge in [0.05, 0.1) is 23.0 Å². The number of aliphatic hydroxyl groups is 1. The first-order chi connectivity index (χ1) is 10.5. The molecule has 1 aliphatic carbocycles. The standard InChI is InChI=1S/C17H19ClN2O2/c1-3-20(8-9-21)14-5-6-16(12(2)10-14)19-13-4-7-17(22)15(18)11-13/h4-7,10-11,21H,3,8-9H2,1-2H3. The van der Waals surface area contributed by atoms with Gasteiger partial charge in [-0.05, 0) is 55.8 Å². The smallest absolute Gasteiger partial charge is 0.197 e. The van der Waals surface area contributed by atoms with Crippen LogP contribution >= 0.6 is 11.6 Å². The number of nitrogens with zero attached hydrogens (tertiary/aromatic N) is 2. The largest absolute Gasteiger partial charge is 0.395 e. The third-order valence-corrected chi connectivity index (χ3v) is 3.76. The van der Waals surface area contributed by atoms with Crippen LogP contribution < -0.4 is 4.90 Å². The van der Waals surface area contributed by atoms with Gasteiger partial charge >= 0.3 is 0 Å². The van der Waals surface area contributed by atoms with Gasteiger partial charge in [0.1, 0.15) is 0 Å². The number of aryl methyl sites for hydroxylation is 1. The van der Waals surface area contributed by atoms with Crippen LogP contribution in [-0.4, -0.2) is 36.3 Å². The molecule has 2 rings (SSSR count). The average Bonchev–Trinajstić information content (AvgIpc) is 2.50. The minimum atomic E-state index is -0.199. The molecule has 0 saturated carbocycles. The number of hydrogen-bond acceptors (Lipinski definition) is 4. The van der Waals surface area contributed by atoms with Crippen LogP contribution in [0.3, 0.4) is 0 Å². The monoisotopic (exact) mass is 318 g/mol. The fourth-order valence-corrected chi connectivity index (χ4v) is 2.43. The van der Waals surface area contributed by atoms with Crippen molar-refractivity contribution in [2.75, 3.05) is 24.6 Å². The second kappa shape index (κ2) is 7.38. The zero-order chi connectivity index (χ0) is 16.1. The van der Waals surface area contributed by atoms with Crippen LogP contribution in [0.5, 0.6) is 0 Å². The maximum atomic E-state index is 11.3. The highest BCUT2D eigenvalue weighted by Crippen LogP contribution is 2.26. The summed E-state index contributed by atoms with van der Waals surface area (Å²) in [6.07, 6.45) is 4.65.